The number of hydrogen-bond acceptors (Lipinski definition) is 3. The molecule has 1 aromatic carbocycles. The largest absolute Gasteiger partial charge is 0.463 e. The average molecular weight is 206 g/mol. The average Bonchev–Trinajstić information content (AvgIpc) is 3.06. The third kappa shape index (κ3) is 2.57. The molecule has 0 aromatic heterocycles. The van der Waals surface area contributed by atoms with E-state index in [1.54, 1.807) is 6.92 Å². The van der Waals surface area contributed by atoms with Crippen LogP contribution in [-0.2, 0) is 14.3 Å². The molecule has 0 bridgehead atoms. The zero-order chi connectivity index (χ0) is 10.7. The van der Waals surface area contributed by atoms with Crippen LogP contribution in [0.1, 0.15) is 25.0 Å². The van der Waals surface area contributed by atoms with Crippen LogP contribution in [0.25, 0.3) is 0 Å². The van der Waals surface area contributed by atoms with Crippen molar-refractivity contribution in [3.63, 3.8) is 0 Å². The standard InChI is InChI=1S/C12H14O3/c1-2-11(13)14-8-10-12(15-10)9-6-4-3-5-7-9/h3-7,10,12H,2,8H2,1H3. The van der Waals surface area contributed by atoms with E-state index in [4.69, 9.17) is 9.47 Å². The quantitative estimate of drug-likeness (QED) is 0.559. The molecule has 3 nitrogen and oxygen atoms in total. The van der Waals surface area contributed by atoms with Gasteiger partial charge in [-0.25, -0.2) is 0 Å². The van der Waals surface area contributed by atoms with E-state index in [2.05, 4.69) is 0 Å². The van der Waals surface area contributed by atoms with Gasteiger partial charge in [0.15, 0.2) is 0 Å². The number of rotatable bonds is 4. The predicted molar refractivity (Wildman–Crippen MR) is 55.3 cm³/mol. The molecule has 0 N–H and O–H groups in total. The Labute approximate surface area is 89.0 Å². The first-order valence-electron chi connectivity index (χ1n) is 5.17. The number of carbonyl (C=O) groups excluding carboxylic acids is 1. The molecular formula is C12H14O3. The van der Waals surface area contributed by atoms with Gasteiger partial charge in [0.2, 0.25) is 0 Å². The maximum absolute atomic E-state index is 10.9. The smallest absolute Gasteiger partial charge is 0.305 e. The van der Waals surface area contributed by atoms with Crippen molar-refractivity contribution in [2.45, 2.75) is 25.6 Å². The minimum atomic E-state index is -0.169. The molecule has 0 aliphatic carbocycles. The van der Waals surface area contributed by atoms with Gasteiger partial charge < -0.3 is 9.47 Å². The number of hydrogen-bond donors (Lipinski definition) is 0. The maximum Gasteiger partial charge on any atom is 0.305 e. The van der Waals surface area contributed by atoms with Gasteiger partial charge in [-0.15, -0.1) is 0 Å². The third-order valence-corrected chi connectivity index (χ3v) is 2.41. The lowest BCUT2D eigenvalue weighted by Crippen LogP contribution is -2.08. The van der Waals surface area contributed by atoms with Crippen molar-refractivity contribution in [3.05, 3.63) is 35.9 Å². The van der Waals surface area contributed by atoms with Crippen LogP contribution in [0, 0.1) is 0 Å². The lowest BCUT2D eigenvalue weighted by atomic mass is 10.1. The van der Waals surface area contributed by atoms with Crippen LogP contribution in [0.5, 0.6) is 0 Å². The first kappa shape index (κ1) is 10.2. The topological polar surface area (TPSA) is 38.8 Å². The van der Waals surface area contributed by atoms with Crippen LogP contribution in [0.4, 0.5) is 0 Å². The Kier molecular flexibility index (Phi) is 3.02. The molecule has 0 saturated carbocycles. The zero-order valence-corrected chi connectivity index (χ0v) is 8.68. The van der Waals surface area contributed by atoms with Crippen molar-refractivity contribution >= 4 is 5.97 Å². The second-order valence-electron chi connectivity index (χ2n) is 3.54. The molecule has 0 radical (unpaired) electrons. The second-order valence-corrected chi connectivity index (χ2v) is 3.54. The SMILES string of the molecule is CCC(=O)OCC1OC1c1ccccc1. The molecule has 2 unspecified atom stereocenters. The number of esters is 1. The maximum atomic E-state index is 10.9. The van der Waals surface area contributed by atoms with E-state index in [1.165, 1.54) is 0 Å². The third-order valence-electron chi connectivity index (χ3n) is 2.41. The van der Waals surface area contributed by atoms with Gasteiger partial charge in [0, 0.05) is 6.42 Å². The minimum absolute atomic E-state index is 0.0444. The predicted octanol–water partition coefficient (Wildman–Crippen LogP) is 2.08. The van der Waals surface area contributed by atoms with Crippen LogP contribution >= 0.6 is 0 Å². The van der Waals surface area contributed by atoms with Crippen molar-refractivity contribution < 1.29 is 14.3 Å². The number of epoxide rings is 1. The van der Waals surface area contributed by atoms with Crippen molar-refractivity contribution in [2.24, 2.45) is 0 Å². The number of carbonyl (C=O) groups is 1. The molecule has 1 aliphatic rings. The van der Waals surface area contributed by atoms with Crippen molar-refractivity contribution in [1.82, 2.24) is 0 Å². The van der Waals surface area contributed by atoms with Gasteiger partial charge in [-0.05, 0) is 5.56 Å². The summed E-state index contributed by atoms with van der Waals surface area (Å²) in [6, 6.07) is 9.97. The fourth-order valence-corrected chi connectivity index (χ4v) is 1.48. The first-order chi connectivity index (χ1) is 7.31. The van der Waals surface area contributed by atoms with Gasteiger partial charge in [-0.2, -0.15) is 0 Å². The highest BCUT2D eigenvalue weighted by Crippen LogP contribution is 2.38. The highest BCUT2D eigenvalue weighted by Gasteiger charge is 2.40. The van der Waals surface area contributed by atoms with Crippen LogP contribution in [0.15, 0.2) is 30.3 Å². The summed E-state index contributed by atoms with van der Waals surface area (Å²) in [6.07, 6.45) is 0.571. The summed E-state index contributed by atoms with van der Waals surface area (Å²) < 4.78 is 10.4. The van der Waals surface area contributed by atoms with E-state index in [0.29, 0.717) is 13.0 Å². The highest BCUT2D eigenvalue weighted by atomic mass is 16.6. The van der Waals surface area contributed by atoms with Crippen LogP contribution < -0.4 is 0 Å². The summed E-state index contributed by atoms with van der Waals surface area (Å²) in [4.78, 5) is 10.9. The summed E-state index contributed by atoms with van der Waals surface area (Å²) in [7, 11) is 0. The lowest BCUT2D eigenvalue weighted by Gasteiger charge is -1.99. The van der Waals surface area contributed by atoms with E-state index in [1.807, 2.05) is 30.3 Å². The molecule has 15 heavy (non-hydrogen) atoms. The Morgan fingerprint density at radius 1 is 1.40 bits per heavy atom. The zero-order valence-electron chi connectivity index (χ0n) is 8.68. The summed E-state index contributed by atoms with van der Waals surface area (Å²) in [5, 5.41) is 0. The molecule has 1 aromatic rings. The van der Waals surface area contributed by atoms with Gasteiger partial charge in [0.05, 0.1) is 0 Å². The van der Waals surface area contributed by atoms with E-state index in [-0.39, 0.29) is 18.2 Å². The van der Waals surface area contributed by atoms with Gasteiger partial charge >= 0.3 is 5.97 Å². The van der Waals surface area contributed by atoms with E-state index in [0.717, 1.165) is 5.56 Å². The molecule has 1 fully saturated rings. The molecule has 1 heterocycles. The summed E-state index contributed by atoms with van der Waals surface area (Å²) in [6.45, 7) is 2.15. The Hall–Kier alpha value is -1.35. The Balaban J connectivity index is 1.79. The Morgan fingerprint density at radius 2 is 2.13 bits per heavy atom. The highest BCUT2D eigenvalue weighted by molar-refractivity contribution is 5.68. The Morgan fingerprint density at radius 3 is 2.80 bits per heavy atom. The normalized spacial score (nSPS) is 23.5. The molecule has 0 amide bonds. The fraction of sp³-hybridized carbons (Fsp3) is 0.417. The van der Waals surface area contributed by atoms with Crippen molar-refractivity contribution in [2.75, 3.05) is 6.61 Å². The summed E-state index contributed by atoms with van der Waals surface area (Å²) >= 11 is 0. The molecule has 0 spiro atoms. The number of ether oxygens (including phenoxy) is 2. The fourth-order valence-electron chi connectivity index (χ4n) is 1.48. The van der Waals surface area contributed by atoms with Gasteiger partial charge in [0.1, 0.15) is 18.8 Å². The van der Waals surface area contributed by atoms with Gasteiger partial charge in [-0.3, -0.25) is 4.79 Å². The number of benzene rings is 1. The van der Waals surface area contributed by atoms with Crippen LogP contribution in [0.2, 0.25) is 0 Å². The molecule has 2 rings (SSSR count). The van der Waals surface area contributed by atoms with Crippen molar-refractivity contribution in [1.29, 1.82) is 0 Å². The molecular weight excluding hydrogens is 192 g/mol. The van der Waals surface area contributed by atoms with E-state index < -0.39 is 0 Å². The van der Waals surface area contributed by atoms with Crippen molar-refractivity contribution in [3.8, 4) is 0 Å². The summed E-state index contributed by atoms with van der Waals surface area (Å²) in [5.41, 5.74) is 1.15. The monoisotopic (exact) mass is 206 g/mol. The van der Waals surface area contributed by atoms with Gasteiger partial charge in [-0.1, -0.05) is 37.3 Å². The minimum Gasteiger partial charge on any atom is -0.463 e. The summed E-state index contributed by atoms with van der Waals surface area (Å²) in [5.74, 6) is -0.169. The van der Waals surface area contributed by atoms with Crippen LogP contribution in [-0.4, -0.2) is 18.7 Å². The van der Waals surface area contributed by atoms with Gasteiger partial charge in [0.25, 0.3) is 0 Å². The lowest BCUT2D eigenvalue weighted by molar-refractivity contribution is -0.143. The van der Waals surface area contributed by atoms with Crippen LogP contribution in [0.3, 0.4) is 0 Å². The second kappa shape index (κ2) is 4.45. The van der Waals surface area contributed by atoms with E-state index >= 15 is 0 Å². The Bertz CT molecular complexity index is 334. The first-order valence-corrected chi connectivity index (χ1v) is 5.17. The molecule has 1 aliphatic heterocycles. The molecule has 3 heteroatoms. The molecule has 1 saturated heterocycles. The molecule has 80 valence electrons. The van der Waals surface area contributed by atoms with E-state index in [9.17, 15) is 4.79 Å². The molecule has 2 atom stereocenters.